The van der Waals surface area contributed by atoms with E-state index in [9.17, 15) is 0 Å². The van der Waals surface area contributed by atoms with E-state index in [0.29, 0.717) is 11.9 Å². The number of hydrogen-bond donors (Lipinski definition) is 1. The number of rotatable bonds is 2. The van der Waals surface area contributed by atoms with Crippen LogP contribution in [0.3, 0.4) is 0 Å². The summed E-state index contributed by atoms with van der Waals surface area (Å²) in [7, 11) is 0. The van der Waals surface area contributed by atoms with Gasteiger partial charge in [-0.1, -0.05) is 13.8 Å². The molecule has 17 heavy (non-hydrogen) atoms. The summed E-state index contributed by atoms with van der Waals surface area (Å²) in [5, 5.41) is 0. The molecular formula is C13H22N4. The summed E-state index contributed by atoms with van der Waals surface area (Å²) in [6, 6.07) is 0.544. The van der Waals surface area contributed by atoms with Crippen LogP contribution in [-0.2, 0) is 6.42 Å². The number of nitrogens with zero attached hydrogens (tertiary/aromatic N) is 3. The lowest BCUT2D eigenvalue weighted by molar-refractivity contribution is 0.625. The Morgan fingerprint density at radius 3 is 2.59 bits per heavy atom. The number of nitrogen functional groups attached to an aromatic ring is 1. The van der Waals surface area contributed by atoms with Crippen molar-refractivity contribution in [1.82, 2.24) is 9.97 Å². The zero-order valence-electron chi connectivity index (χ0n) is 11.2. The Morgan fingerprint density at radius 1 is 1.35 bits per heavy atom. The minimum Gasteiger partial charge on any atom is -0.383 e. The van der Waals surface area contributed by atoms with E-state index in [1.54, 1.807) is 0 Å². The van der Waals surface area contributed by atoms with Gasteiger partial charge in [-0.05, 0) is 26.2 Å². The first-order valence-electron chi connectivity index (χ1n) is 6.42. The average Bonchev–Trinajstić information content (AvgIpc) is 2.61. The summed E-state index contributed by atoms with van der Waals surface area (Å²) in [6.07, 6.45) is 2.06. The molecule has 1 aromatic rings. The summed E-state index contributed by atoms with van der Waals surface area (Å²) in [5.41, 5.74) is 6.98. The van der Waals surface area contributed by atoms with Crippen molar-refractivity contribution in [1.29, 1.82) is 0 Å². The molecule has 2 N–H and O–H groups in total. The average molecular weight is 234 g/mol. The number of aromatic nitrogens is 2. The number of aryl methyl sites for hydroxylation is 1. The van der Waals surface area contributed by atoms with Crippen molar-refractivity contribution in [2.75, 3.05) is 17.2 Å². The lowest BCUT2D eigenvalue weighted by Gasteiger charge is -2.25. The molecular weight excluding hydrogens is 212 g/mol. The quantitative estimate of drug-likeness (QED) is 0.852. The fourth-order valence-electron chi connectivity index (χ4n) is 2.60. The fourth-order valence-corrected chi connectivity index (χ4v) is 2.60. The highest BCUT2D eigenvalue weighted by atomic mass is 15.2. The van der Waals surface area contributed by atoms with Crippen LogP contribution in [0.2, 0.25) is 0 Å². The highest BCUT2D eigenvalue weighted by molar-refractivity contribution is 5.57. The Bertz CT molecular complexity index is 416. The van der Waals surface area contributed by atoms with Crippen LogP contribution < -0.4 is 10.6 Å². The van der Waals surface area contributed by atoms with Gasteiger partial charge in [-0.2, -0.15) is 0 Å². The van der Waals surface area contributed by atoms with Crippen molar-refractivity contribution >= 4 is 11.6 Å². The molecule has 94 valence electrons. The third kappa shape index (κ3) is 2.21. The van der Waals surface area contributed by atoms with Crippen molar-refractivity contribution in [2.24, 2.45) is 5.92 Å². The number of nitrogens with two attached hydrogens (primary N) is 1. The lowest BCUT2D eigenvalue weighted by Crippen LogP contribution is -2.29. The van der Waals surface area contributed by atoms with E-state index in [2.05, 4.69) is 35.6 Å². The maximum atomic E-state index is 5.97. The van der Waals surface area contributed by atoms with Crippen molar-refractivity contribution in [3.05, 3.63) is 11.4 Å². The minimum absolute atomic E-state index is 0.544. The first-order valence-corrected chi connectivity index (χ1v) is 6.42. The lowest BCUT2D eigenvalue weighted by atomic mass is 10.1. The largest absolute Gasteiger partial charge is 0.383 e. The monoisotopic (exact) mass is 234 g/mol. The number of anilines is 2. The van der Waals surface area contributed by atoms with Crippen LogP contribution in [0.4, 0.5) is 11.6 Å². The molecule has 1 aromatic heterocycles. The van der Waals surface area contributed by atoms with E-state index in [-0.39, 0.29) is 0 Å². The maximum absolute atomic E-state index is 5.97. The molecule has 2 heterocycles. The summed E-state index contributed by atoms with van der Waals surface area (Å²) in [4.78, 5) is 11.3. The molecule has 0 saturated carbocycles. The van der Waals surface area contributed by atoms with E-state index >= 15 is 0 Å². The first-order chi connectivity index (χ1) is 8.02. The van der Waals surface area contributed by atoms with Gasteiger partial charge in [0.25, 0.3) is 0 Å². The zero-order valence-corrected chi connectivity index (χ0v) is 11.2. The van der Waals surface area contributed by atoms with Gasteiger partial charge in [0.2, 0.25) is 0 Å². The van der Waals surface area contributed by atoms with Gasteiger partial charge in [-0.15, -0.1) is 0 Å². The van der Waals surface area contributed by atoms with Gasteiger partial charge >= 0.3 is 0 Å². The highest BCUT2D eigenvalue weighted by Gasteiger charge is 2.28. The second kappa shape index (κ2) is 4.51. The molecule has 4 heteroatoms. The van der Waals surface area contributed by atoms with E-state index < -0.39 is 0 Å². The molecule has 0 radical (unpaired) electrons. The zero-order chi connectivity index (χ0) is 12.6. The Hall–Kier alpha value is -1.32. The molecule has 1 fully saturated rings. The minimum atomic E-state index is 0.544. The molecule has 0 bridgehead atoms. The topological polar surface area (TPSA) is 55.0 Å². The van der Waals surface area contributed by atoms with Gasteiger partial charge in [0.1, 0.15) is 17.5 Å². The van der Waals surface area contributed by atoms with Gasteiger partial charge < -0.3 is 10.6 Å². The third-order valence-corrected chi connectivity index (χ3v) is 3.58. The van der Waals surface area contributed by atoms with Crippen LogP contribution in [0.15, 0.2) is 0 Å². The Kier molecular flexibility index (Phi) is 3.22. The summed E-state index contributed by atoms with van der Waals surface area (Å²) in [5.74, 6) is 3.23. The highest BCUT2D eigenvalue weighted by Crippen LogP contribution is 2.31. The molecule has 2 rings (SSSR count). The molecule has 1 aliphatic heterocycles. The maximum Gasteiger partial charge on any atom is 0.137 e. The van der Waals surface area contributed by atoms with Gasteiger partial charge in [0.15, 0.2) is 0 Å². The summed E-state index contributed by atoms with van der Waals surface area (Å²) in [6.45, 7) is 9.69. The Morgan fingerprint density at radius 2 is 2.06 bits per heavy atom. The standard InChI is InChI=1S/C13H22N4/c1-5-11-15-12(14)10(4)13(16-11)17-7-8(2)6-9(17)3/h8-9H,5-7H2,1-4H3,(H2,14,15,16). The van der Waals surface area contributed by atoms with Crippen LogP contribution in [0.5, 0.6) is 0 Å². The van der Waals surface area contributed by atoms with Crippen LogP contribution in [0.25, 0.3) is 0 Å². The van der Waals surface area contributed by atoms with Crippen LogP contribution in [0, 0.1) is 12.8 Å². The molecule has 1 aliphatic rings. The van der Waals surface area contributed by atoms with Gasteiger partial charge in [-0.25, -0.2) is 9.97 Å². The van der Waals surface area contributed by atoms with Crippen LogP contribution >= 0.6 is 0 Å². The normalized spacial score (nSPS) is 24.4. The third-order valence-electron chi connectivity index (χ3n) is 3.58. The molecule has 2 unspecified atom stereocenters. The van der Waals surface area contributed by atoms with Gasteiger partial charge in [0.05, 0.1) is 0 Å². The van der Waals surface area contributed by atoms with Crippen LogP contribution in [-0.4, -0.2) is 22.6 Å². The molecule has 0 amide bonds. The van der Waals surface area contributed by atoms with E-state index in [0.717, 1.165) is 36.1 Å². The van der Waals surface area contributed by atoms with Crippen molar-refractivity contribution < 1.29 is 0 Å². The van der Waals surface area contributed by atoms with Crippen molar-refractivity contribution in [3.63, 3.8) is 0 Å². The smallest absolute Gasteiger partial charge is 0.137 e. The van der Waals surface area contributed by atoms with E-state index in [4.69, 9.17) is 5.73 Å². The van der Waals surface area contributed by atoms with E-state index in [1.165, 1.54) is 6.42 Å². The first kappa shape index (κ1) is 12.1. The Balaban J connectivity index is 2.40. The molecule has 0 aromatic carbocycles. The molecule has 0 spiro atoms. The van der Waals surface area contributed by atoms with Crippen molar-refractivity contribution in [2.45, 2.75) is 46.6 Å². The van der Waals surface area contributed by atoms with Crippen LogP contribution in [0.1, 0.15) is 38.6 Å². The second-order valence-electron chi connectivity index (χ2n) is 5.17. The number of hydrogen-bond acceptors (Lipinski definition) is 4. The molecule has 1 saturated heterocycles. The second-order valence-corrected chi connectivity index (χ2v) is 5.17. The predicted molar refractivity (Wildman–Crippen MR) is 71.1 cm³/mol. The molecule has 4 nitrogen and oxygen atoms in total. The summed E-state index contributed by atoms with van der Waals surface area (Å²) < 4.78 is 0. The predicted octanol–water partition coefficient (Wildman–Crippen LogP) is 2.16. The van der Waals surface area contributed by atoms with Crippen molar-refractivity contribution in [3.8, 4) is 0 Å². The molecule has 2 atom stereocenters. The van der Waals surface area contributed by atoms with Gasteiger partial charge in [0, 0.05) is 24.6 Å². The Labute approximate surface area is 103 Å². The van der Waals surface area contributed by atoms with Gasteiger partial charge in [-0.3, -0.25) is 0 Å². The SMILES string of the molecule is CCc1nc(N)c(C)c(N2CC(C)CC2C)n1. The molecule has 0 aliphatic carbocycles. The van der Waals surface area contributed by atoms with E-state index in [1.807, 2.05) is 6.92 Å². The summed E-state index contributed by atoms with van der Waals surface area (Å²) >= 11 is 0. The fraction of sp³-hybridized carbons (Fsp3) is 0.692.